The number of furan rings is 1. The van der Waals surface area contributed by atoms with E-state index >= 15 is 0 Å². The zero-order valence-electron chi connectivity index (χ0n) is 11.2. The second-order valence-electron chi connectivity index (χ2n) is 4.05. The van der Waals surface area contributed by atoms with Crippen LogP contribution in [-0.4, -0.2) is 18.1 Å². The first kappa shape index (κ1) is 14.4. The Morgan fingerprint density at radius 3 is 2.76 bits per heavy atom. The normalized spacial score (nSPS) is 9.95. The van der Waals surface area contributed by atoms with Crippen molar-refractivity contribution in [2.45, 2.75) is 6.54 Å². The molecule has 1 amide bonds. The fraction of sp³-hybridized carbons (Fsp3) is 0.154. The summed E-state index contributed by atoms with van der Waals surface area (Å²) >= 11 is 0. The maximum Gasteiger partial charge on any atom is 0.433 e. The number of methoxy groups -OCH3 is 1. The van der Waals surface area contributed by atoms with E-state index in [2.05, 4.69) is 15.4 Å². The molecule has 2 rings (SSSR count). The first-order chi connectivity index (χ1) is 10.1. The number of anilines is 2. The topological polar surface area (TPSA) is 107 Å². The van der Waals surface area contributed by atoms with Gasteiger partial charge in [0.15, 0.2) is 0 Å². The van der Waals surface area contributed by atoms with Crippen molar-refractivity contribution in [3.63, 3.8) is 0 Å². The van der Waals surface area contributed by atoms with Crippen molar-refractivity contribution in [2.24, 2.45) is 0 Å². The summed E-state index contributed by atoms with van der Waals surface area (Å²) in [6.45, 7) is 0.287. The highest BCUT2D eigenvalue weighted by molar-refractivity contribution is 5.85. The van der Waals surface area contributed by atoms with Crippen molar-refractivity contribution < 1.29 is 18.9 Å². The molecule has 0 aliphatic rings. The molecule has 1 aromatic carbocycles. The van der Waals surface area contributed by atoms with Crippen LogP contribution in [0.2, 0.25) is 0 Å². The Balaban J connectivity index is 1.97. The number of nitro groups is 1. The lowest BCUT2D eigenvalue weighted by Gasteiger charge is -2.07. The third kappa shape index (κ3) is 3.96. The molecule has 0 fully saturated rings. The van der Waals surface area contributed by atoms with Gasteiger partial charge in [-0.25, -0.2) is 4.79 Å². The van der Waals surface area contributed by atoms with Crippen molar-refractivity contribution in [3.8, 4) is 0 Å². The number of rotatable bonds is 5. The third-order valence-corrected chi connectivity index (χ3v) is 2.59. The summed E-state index contributed by atoms with van der Waals surface area (Å²) in [5.41, 5.74) is 1.29. The smallest absolute Gasteiger partial charge is 0.433 e. The van der Waals surface area contributed by atoms with E-state index < -0.39 is 11.0 Å². The zero-order valence-corrected chi connectivity index (χ0v) is 11.2. The molecule has 0 unspecified atom stereocenters. The molecule has 0 bridgehead atoms. The zero-order chi connectivity index (χ0) is 15.2. The largest absolute Gasteiger partial charge is 0.453 e. The van der Waals surface area contributed by atoms with Crippen LogP contribution in [0.25, 0.3) is 0 Å². The highest BCUT2D eigenvalue weighted by Gasteiger charge is 2.11. The summed E-state index contributed by atoms with van der Waals surface area (Å²) in [4.78, 5) is 21.0. The van der Waals surface area contributed by atoms with Crippen molar-refractivity contribution >= 4 is 23.4 Å². The molecule has 21 heavy (non-hydrogen) atoms. The van der Waals surface area contributed by atoms with E-state index in [4.69, 9.17) is 4.42 Å². The quantitative estimate of drug-likeness (QED) is 0.647. The van der Waals surface area contributed by atoms with Crippen molar-refractivity contribution in [1.29, 1.82) is 0 Å². The summed E-state index contributed by atoms with van der Waals surface area (Å²) in [5, 5.41) is 16.1. The molecule has 1 aromatic heterocycles. The molecule has 0 radical (unpaired) electrons. The van der Waals surface area contributed by atoms with Gasteiger partial charge in [-0.1, -0.05) is 6.07 Å². The number of hydrogen-bond acceptors (Lipinski definition) is 6. The Morgan fingerprint density at radius 2 is 2.10 bits per heavy atom. The van der Waals surface area contributed by atoms with E-state index in [9.17, 15) is 14.9 Å². The Bertz CT molecular complexity index is 653. The number of hydrogen-bond donors (Lipinski definition) is 2. The second-order valence-corrected chi connectivity index (χ2v) is 4.05. The Hall–Kier alpha value is -3.03. The van der Waals surface area contributed by atoms with E-state index in [1.54, 1.807) is 24.3 Å². The molecular weight excluding hydrogens is 278 g/mol. The van der Waals surface area contributed by atoms with Gasteiger partial charge in [0.05, 0.1) is 19.7 Å². The summed E-state index contributed by atoms with van der Waals surface area (Å²) in [6.07, 6.45) is -0.561. The monoisotopic (exact) mass is 291 g/mol. The Morgan fingerprint density at radius 1 is 1.33 bits per heavy atom. The molecule has 2 N–H and O–H groups in total. The number of nitrogens with one attached hydrogen (secondary N) is 2. The van der Waals surface area contributed by atoms with Gasteiger partial charge in [0, 0.05) is 11.4 Å². The molecule has 0 saturated carbocycles. The molecule has 8 nitrogen and oxygen atoms in total. The van der Waals surface area contributed by atoms with Gasteiger partial charge in [0.2, 0.25) is 0 Å². The molecule has 110 valence electrons. The van der Waals surface area contributed by atoms with Crippen LogP contribution in [0.1, 0.15) is 5.76 Å². The predicted octanol–water partition coefficient (Wildman–Crippen LogP) is 2.98. The second kappa shape index (κ2) is 6.42. The lowest BCUT2D eigenvalue weighted by Crippen LogP contribution is -2.11. The van der Waals surface area contributed by atoms with Crippen LogP contribution < -0.4 is 10.6 Å². The summed E-state index contributed by atoms with van der Waals surface area (Å²) in [5.74, 6) is 0.140. The Kier molecular flexibility index (Phi) is 4.39. The molecule has 0 saturated heterocycles. The van der Waals surface area contributed by atoms with Gasteiger partial charge in [-0.3, -0.25) is 15.4 Å². The number of benzene rings is 1. The number of amides is 1. The number of carbonyl (C=O) groups excluding carboxylic acids is 1. The van der Waals surface area contributed by atoms with Crippen LogP contribution in [0.5, 0.6) is 0 Å². The maximum atomic E-state index is 11.1. The summed E-state index contributed by atoms with van der Waals surface area (Å²) in [6, 6.07) is 9.78. The van der Waals surface area contributed by atoms with Gasteiger partial charge >= 0.3 is 12.0 Å². The maximum absolute atomic E-state index is 11.1. The molecule has 2 aromatic rings. The number of nitrogens with zero attached hydrogens (tertiary/aromatic N) is 1. The van der Waals surface area contributed by atoms with Crippen LogP contribution in [-0.2, 0) is 11.3 Å². The highest BCUT2D eigenvalue weighted by Crippen LogP contribution is 2.19. The Labute approximate surface area is 119 Å². The molecule has 1 heterocycles. The molecule has 8 heteroatoms. The highest BCUT2D eigenvalue weighted by atomic mass is 16.6. The van der Waals surface area contributed by atoms with Gasteiger partial charge in [-0.2, -0.15) is 0 Å². The lowest BCUT2D eigenvalue weighted by atomic mass is 10.2. The lowest BCUT2D eigenvalue weighted by molar-refractivity contribution is -0.402. The average Bonchev–Trinajstić information content (AvgIpc) is 2.94. The number of ether oxygens (including phenoxy) is 1. The number of carbonyl (C=O) groups is 1. The van der Waals surface area contributed by atoms with Gasteiger partial charge in [-0.15, -0.1) is 0 Å². The predicted molar refractivity (Wildman–Crippen MR) is 75.2 cm³/mol. The molecule has 0 atom stereocenters. The molecule has 0 aliphatic carbocycles. The summed E-state index contributed by atoms with van der Waals surface area (Å²) < 4.78 is 9.53. The average molecular weight is 291 g/mol. The standard InChI is InChI=1S/C13H13N3O5/c1-20-13(17)15-10-4-2-3-9(7-10)14-8-11-5-6-12(21-11)16(18)19/h2-7,14H,8H2,1H3,(H,15,17). The van der Waals surface area contributed by atoms with Crippen LogP contribution in [0, 0.1) is 10.1 Å². The SMILES string of the molecule is COC(=O)Nc1cccc(NCc2ccc([N+](=O)[O-])o2)c1. The van der Waals surface area contributed by atoms with Crippen molar-refractivity contribution in [1.82, 2.24) is 0 Å². The van der Waals surface area contributed by atoms with Gasteiger partial charge in [-0.05, 0) is 24.3 Å². The van der Waals surface area contributed by atoms with Crippen LogP contribution in [0.4, 0.5) is 22.1 Å². The first-order valence-electron chi connectivity index (χ1n) is 6.00. The molecule has 0 spiro atoms. The van der Waals surface area contributed by atoms with E-state index in [0.29, 0.717) is 11.4 Å². The van der Waals surface area contributed by atoms with E-state index in [1.807, 2.05) is 0 Å². The minimum Gasteiger partial charge on any atom is -0.453 e. The minimum absolute atomic E-state index is 0.287. The van der Waals surface area contributed by atoms with Crippen molar-refractivity contribution in [2.75, 3.05) is 17.7 Å². The fourth-order valence-electron chi connectivity index (χ4n) is 1.62. The van der Waals surface area contributed by atoms with Gasteiger partial charge < -0.3 is 14.5 Å². The molecule has 0 aliphatic heterocycles. The van der Waals surface area contributed by atoms with E-state index in [0.717, 1.165) is 5.69 Å². The van der Waals surface area contributed by atoms with Crippen LogP contribution in [0.3, 0.4) is 0 Å². The molecular formula is C13H13N3O5. The van der Waals surface area contributed by atoms with Crippen LogP contribution >= 0.6 is 0 Å². The van der Waals surface area contributed by atoms with E-state index in [-0.39, 0.29) is 12.4 Å². The van der Waals surface area contributed by atoms with Crippen molar-refractivity contribution in [3.05, 3.63) is 52.3 Å². The third-order valence-electron chi connectivity index (χ3n) is 2.59. The van der Waals surface area contributed by atoms with E-state index in [1.165, 1.54) is 19.2 Å². The minimum atomic E-state index is -0.593. The fourth-order valence-corrected chi connectivity index (χ4v) is 1.62. The van der Waals surface area contributed by atoms with Gasteiger partial charge in [0.1, 0.15) is 10.7 Å². The summed E-state index contributed by atoms with van der Waals surface area (Å²) in [7, 11) is 1.28. The first-order valence-corrected chi connectivity index (χ1v) is 6.00. The van der Waals surface area contributed by atoms with Gasteiger partial charge in [0.25, 0.3) is 0 Å². The van der Waals surface area contributed by atoms with Crippen LogP contribution in [0.15, 0.2) is 40.8 Å².